The number of pyridine rings is 2. The summed E-state index contributed by atoms with van der Waals surface area (Å²) in [6, 6.07) is 20.0. The van der Waals surface area contributed by atoms with Crippen LogP contribution in [0.5, 0.6) is 17.2 Å². The second kappa shape index (κ2) is 17.6. The Morgan fingerprint density at radius 1 is 1.03 bits per heavy atom. The van der Waals surface area contributed by atoms with Gasteiger partial charge in [0.15, 0.2) is 5.03 Å². The maximum absolute atomic E-state index is 14.1. The Morgan fingerprint density at radius 2 is 1.82 bits per heavy atom. The fourth-order valence-electron chi connectivity index (χ4n) is 11.5. The zero-order chi connectivity index (χ0) is 45.8. The summed E-state index contributed by atoms with van der Waals surface area (Å²) >= 11 is 0. The number of carbonyl (C=O) groups is 1. The number of amides is 1. The molecule has 2 saturated carbocycles. The Bertz CT molecular complexity index is 2730. The molecule has 1 unspecified atom stereocenters. The van der Waals surface area contributed by atoms with Gasteiger partial charge in [-0.2, -0.15) is 8.42 Å². The number of carbonyl (C=O) groups excluding carboxylic acids is 1. The number of rotatable bonds is 12. The first-order valence-corrected chi connectivity index (χ1v) is 25.2. The highest BCUT2D eigenvalue weighted by molar-refractivity contribution is 7.90. The molecule has 10 rings (SSSR count). The summed E-state index contributed by atoms with van der Waals surface area (Å²) in [4.78, 5) is 42.9. The average molecular weight is 917 g/mol. The lowest BCUT2D eigenvalue weighted by atomic mass is 9.59. The van der Waals surface area contributed by atoms with Crippen LogP contribution in [0.2, 0.25) is 0 Å². The van der Waals surface area contributed by atoms with Crippen LogP contribution in [0.4, 0.5) is 17.2 Å². The van der Waals surface area contributed by atoms with Gasteiger partial charge in [-0.1, -0.05) is 38.1 Å². The Hall–Kier alpha value is -5.58. The van der Waals surface area contributed by atoms with Crippen molar-refractivity contribution in [2.45, 2.75) is 126 Å². The van der Waals surface area contributed by atoms with Gasteiger partial charge in [0, 0.05) is 54.6 Å². The zero-order valence-corrected chi connectivity index (χ0v) is 38.8. The summed E-state index contributed by atoms with van der Waals surface area (Å²) in [5.74, 6) is 0.177. The van der Waals surface area contributed by atoms with Crippen LogP contribution < -0.4 is 24.4 Å². The predicted molar refractivity (Wildman–Crippen MR) is 253 cm³/mol. The van der Waals surface area contributed by atoms with Gasteiger partial charge in [-0.3, -0.25) is 9.69 Å². The van der Waals surface area contributed by atoms with Crippen LogP contribution in [0.3, 0.4) is 0 Å². The van der Waals surface area contributed by atoms with Gasteiger partial charge in [0.2, 0.25) is 5.82 Å². The number of aromatic nitrogens is 3. The van der Waals surface area contributed by atoms with Gasteiger partial charge >= 0.3 is 0 Å². The Labute approximate surface area is 386 Å². The highest BCUT2D eigenvalue weighted by Crippen LogP contribution is 2.54. The monoisotopic (exact) mass is 916 g/mol. The molecule has 4 fully saturated rings. The van der Waals surface area contributed by atoms with E-state index in [2.05, 4.69) is 78.1 Å². The van der Waals surface area contributed by atoms with E-state index in [0.29, 0.717) is 53.6 Å². The number of hydrogen-bond acceptors (Lipinski definition) is 13. The van der Waals surface area contributed by atoms with Crippen molar-refractivity contribution < 1.29 is 27.8 Å². The Balaban J connectivity index is 0.837. The smallest absolute Gasteiger partial charge is 0.282 e. The van der Waals surface area contributed by atoms with Crippen molar-refractivity contribution in [3.05, 3.63) is 94.7 Å². The molecule has 2 aliphatic carbocycles. The number of anilines is 2. The van der Waals surface area contributed by atoms with E-state index in [-0.39, 0.29) is 41.2 Å². The van der Waals surface area contributed by atoms with Crippen LogP contribution >= 0.6 is 0 Å². The van der Waals surface area contributed by atoms with Crippen LogP contribution in [-0.4, -0.2) is 83.2 Å². The Morgan fingerprint density at radius 3 is 2.59 bits per heavy atom. The molecule has 1 spiro atoms. The van der Waals surface area contributed by atoms with Gasteiger partial charge in [0.25, 0.3) is 15.9 Å². The number of aromatic amines is 1. The van der Waals surface area contributed by atoms with Gasteiger partial charge in [0.1, 0.15) is 35.2 Å². The van der Waals surface area contributed by atoms with E-state index < -0.39 is 26.6 Å². The fourth-order valence-corrected chi connectivity index (χ4v) is 12.4. The molecule has 1 amide bonds. The zero-order valence-electron chi connectivity index (χ0n) is 38.0. The van der Waals surface area contributed by atoms with E-state index in [1.807, 2.05) is 19.1 Å². The Kier molecular flexibility index (Phi) is 11.8. The molecule has 15 nitrogen and oxygen atoms in total. The molecule has 3 aromatic heterocycles. The minimum atomic E-state index is -4.64. The molecule has 5 aliphatic rings. The maximum Gasteiger partial charge on any atom is 0.282 e. The highest BCUT2D eigenvalue weighted by Gasteiger charge is 2.50. The first kappa shape index (κ1) is 44.3. The molecule has 0 bridgehead atoms. The van der Waals surface area contributed by atoms with Gasteiger partial charge in [0.05, 0.1) is 23.4 Å². The molecule has 2 saturated heterocycles. The largest absolute Gasteiger partial charge is 0.489 e. The summed E-state index contributed by atoms with van der Waals surface area (Å²) in [6.45, 7) is 9.53. The molecule has 2 atom stereocenters. The van der Waals surface area contributed by atoms with Crippen LogP contribution in [0.15, 0.2) is 83.3 Å². The molecule has 0 radical (unpaired) electrons. The van der Waals surface area contributed by atoms with E-state index in [4.69, 9.17) is 9.47 Å². The second-order valence-electron chi connectivity index (χ2n) is 20.1. The van der Waals surface area contributed by atoms with Gasteiger partial charge in [-0.25, -0.2) is 14.7 Å². The first-order valence-electron chi connectivity index (χ1n) is 23.7. The van der Waals surface area contributed by atoms with Gasteiger partial charge in [-0.15, -0.1) is 4.91 Å². The number of fused-ring (bicyclic) bond motifs is 2. The summed E-state index contributed by atoms with van der Waals surface area (Å²) < 4.78 is 42.3. The van der Waals surface area contributed by atoms with Crippen LogP contribution in [0.1, 0.15) is 125 Å². The molecular formula is C50H60N8O7S. The van der Waals surface area contributed by atoms with Crippen molar-refractivity contribution in [2.75, 3.05) is 36.5 Å². The summed E-state index contributed by atoms with van der Waals surface area (Å²) in [5.41, 5.74) is 4.36. The van der Waals surface area contributed by atoms with E-state index in [9.17, 15) is 23.2 Å². The number of nitrogens with zero attached hydrogens (tertiary/aromatic N) is 5. The number of likely N-dealkylation sites (tertiary alicyclic amines) is 1. The molecule has 6 heterocycles. The average Bonchev–Trinajstić information content (AvgIpc) is 3.98. The highest BCUT2D eigenvalue weighted by atomic mass is 32.2. The molecule has 5 aromatic rings. The fraction of sp³-hybridized carbons (Fsp3) is 0.500. The number of piperidine rings is 1. The van der Waals surface area contributed by atoms with Crippen molar-refractivity contribution in [3.63, 3.8) is 0 Å². The minimum Gasteiger partial charge on any atom is -0.489 e. The van der Waals surface area contributed by atoms with Crippen molar-refractivity contribution in [3.8, 4) is 17.2 Å². The van der Waals surface area contributed by atoms with Crippen LogP contribution in [0, 0.1) is 16.2 Å². The normalized spacial score (nSPS) is 24.4. The topological polar surface area (TPSA) is 191 Å². The van der Waals surface area contributed by atoms with Crippen LogP contribution in [-0.2, 0) is 10.0 Å². The lowest BCUT2D eigenvalue weighted by Gasteiger charge is -2.56. The number of nitroso groups, excluding NO2 is 1. The third kappa shape index (κ3) is 8.86. The lowest BCUT2D eigenvalue weighted by molar-refractivity contribution is -0.0227. The van der Waals surface area contributed by atoms with Crippen molar-refractivity contribution in [2.24, 2.45) is 16.5 Å². The number of aliphatic hydroxyl groups is 1. The number of nitrogens with one attached hydrogen (secondary N) is 3. The first-order chi connectivity index (χ1) is 31.7. The molecular weight excluding hydrogens is 857 g/mol. The number of sulfonamides is 1. The molecule has 16 heteroatoms. The molecule has 3 aliphatic heterocycles. The van der Waals surface area contributed by atoms with E-state index in [1.54, 1.807) is 30.6 Å². The number of benzene rings is 2. The number of hydrogen-bond donors (Lipinski definition) is 4. The lowest BCUT2D eigenvalue weighted by Crippen LogP contribution is -2.54. The van der Waals surface area contributed by atoms with E-state index in [1.165, 1.54) is 42.9 Å². The van der Waals surface area contributed by atoms with E-state index in [0.717, 1.165) is 62.8 Å². The number of ether oxygens (including phenoxy) is 2. The molecule has 348 valence electrons. The SMILES string of the molecule is CC(C)c1ccccc1[C@@H]1CCCN1C1CC2(CCN(c3ccc(C(=O)NS(=O)(=O)c4cc5c(c(N=O)n4)NC(CC4CCC(C)(O)CC4)CO5)c(Oc4cnc5[nH]ccc5c4)c3)CC2)C1. The van der Waals surface area contributed by atoms with Gasteiger partial charge < -0.3 is 29.8 Å². The molecule has 2 aromatic carbocycles. The van der Waals surface area contributed by atoms with Crippen molar-refractivity contribution in [1.29, 1.82) is 0 Å². The quantitative estimate of drug-likeness (QED) is 0.0869. The third-order valence-electron chi connectivity index (χ3n) is 15.2. The van der Waals surface area contributed by atoms with Crippen molar-refractivity contribution >= 4 is 44.2 Å². The predicted octanol–water partition coefficient (Wildman–Crippen LogP) is 9.48. The summed E-state index contributed by atoms with van der Waals surface area (Å²) in [5, 5.41) is 16.9. The minimum absolute atomic E-state index is 0.0114. The van der Waals surface area contributed by atoms with Crippen LogP contribution in [0.25, 0.3) is 11.0 Å². The molecule has 4 N–H and O–H groups in total. The number of H-pyrrole nitrogens is 1. The maximum atomic E-state index is 14.1. The standard InChI is InChI=1S/C50H60N8O7S/c1-31(2)38-7-4-5-8-39(38)41-9-6-20-58(41)36-27-50(28-36)17-21-57(22-18-50)35-10-11-40(42(25-35)65-37-24-33-14-19-51-46(33)52-29-37)48(59)56-66(62,63)44-26-43-45(47(54-44)55-61)53-34(30-64-43)23-32-12-15-49(3,60)16-13-32/h4-5,7-8,10-11,14,19,24-26,29,31-32,34,36,41,53,60H,6,9,12-13,15-18,20-23,27-28,30H2,1-3H3,(H,51,52)(H,56,59)/t32?,34?,41-,49?/m0/s1. The second-order valence-corrected chi connectivity index (χ2v) is 21.7. The molecule has 66 heavy (non-hydrogen) atoms. The van der Waals surface area contributed by atoms with Crippen molar-refractivity contribution in [1.82, 2.24) is 24.6 Å². The third-order valence-corrected chi connectivity index (χ3v) is 16.4. The summed E-state index contributed by atoms with van der Waals surface area (Å²) in [7, 11) is -4.64. The van der Waals surface area contributed by atoms with E-state index >= 15 is 0 Å². The van der Waals surface area contributed by atoms with Gasteiger partial charge in [-0.05, 0) is 142 Å². The summed E-state index contributed by atoms with van der Waals surface area (Å²) in [6.07, 6.45) is 14.2.